The third-order valence-corrected chi connectivity index (χ3v) is 6.56. The Morgan fingerprint density at radius 1 is 1.18 bits per heavy atom. The van der Waals surface area contributed by atoms with Gasteiger partial charge in [0.2, 0.25) is 5.91 Å². The summed E-state index contributed by atoms with van der Waals surface area (Å²) in [5.41, 5.74) is -0.155. The number of hydrogen-bond donors (Lipinski definition) is 1. The number of carbonyl (C=O) groups is 2. The van der Waals surface area contributed by atoms with E-state index in [1.807, 2.05) is 6.07 Å². The lowest BCUT2D eigenvalue weighted by Crippen LogP contribution is -2.40. The van der Waals surface area contributed by atoms with Gasteiger partial charge in [0.05, 0.1) is 5.01 Å². The molecule has 33 heavy (non-hydrogen) atoms. The molecule has 1 aliphatic rings. The van der Waals surface area contributed by atoms with Gasteiger partial charge in [0, 0.05) is 35.6 Å². The largest absolute Gasteiger partial charge is 0.435 e. The van der Waals surface area contributed by atoms with Crippen molar-refractivity contribution in [3.63, 3.8) is 0 Å². The second-order valence-electron chi connectivity index (χ2n) is 7.87. The van der Waals surface area contributed by atoms with Crippen molar-refractivity contribution in [3.8, 4) is 0 Å². The average Bonchev–Trinajstić information content (AvgIpc) is 3.41. The summed E-state index contributed by atoms with van der Waals surface area (Å²) in [7, 11) is 0. The number of rotatable bonds is 5. The first-order chi connectivity index (χ1) is 15.7. The van der Waals surface area contributed by atoms with Crippen molar-refractivity contribution in [1.29, 1.82) is 0 Å². The lowest BCUT2D eigenvalue weighted by molar-refractivity contribution is -0.142. The van der Waals surface area contributed by atoms with Gasteiger partial charge in [-0.25, -0.2) is 4.98 Å². The van der Waals surface area contributed by atoms with Crippen LogP contribution in [0, 0.1) is 6.92 Å². The second-order valence-corrected chi connectivity index (χ2v) is 8.76. The first-order valence-corrected chi connectivity index (χ1v) is 11.3. The van der Waals surface area contributed by atoms with Gasteiger partial charge in [-0.1, -0.05) is 18.2 Å². The highest BCUT2D eigenvalue weighted by Crippen LogP contribution is 2.32. The minimum atomic E-state index is -4.54. The van der Waals surface area contributed by atoms with Gasteiger partial charge in [0.15, 0.2) is 5.69 Å². The number of alkyl halides is 3. The lowest BCUT2D eigenvalue weighted by atomic mass is 9.97. The fraction of sp³-hybridized carbons (Fsp3) is 0.364. The van der Waals surface area contributed by atoms with E-state index in [4.69, 9.17) is 0 Å². The number of piperidine rings is 1. The zero-order valence-corrected chi connectivity index (χ0v) is 18.6. The van der Waals surface area contributed by atoms with Crippen LogP contribution in [0.1, 0.15) is 45.5 Å². The van der Waals surface area contributed by atoms with Crippen LogP contribution < -0.4 is 5.32 Å². The summed E-state index contributed by atoms with van der Waals surface area (Å²) in [6, 6.07) is 9.81. The van der Waals surface area contributed by atoms with E-state index >= 15 is 0 Å². The molecule has 0 atom stereocenters. The van der Waals surface area contributed by atoms with Gasteiger partial charge < -0.3 is 10.2 Å². The SMILES string of the molecule is Cc1cc(C(F)(F)F)nn1CC(=O)N1CCC(c2nc(NC(=O)c3ccccc3)cs2)CC1. The smallest absolute Gasteiger partial charge is 0.341 e. The molecular weight excluding hydrogens is 455 g/mol. The molecule has 0 unspecified atom stereocenters. The van der Waals surface area contributed by atoms with E-state index < -0.39 is 11.9 Å². The molecule has 1 saturated heterocycles. The Bertz CT molecular complexity index is 1130. The number of carbonyl (C=O) groups excluding carboxylic acids is 2. The zero-order valence-electron chi connectivity index (χ0n) is 17.8. The minimum Gasteiger partial charge on any atom is -0.341 e. The van der Waals surface area contributed by atoms with Crippen molar-refractivity contribution in [3.05, 3.63) is 63.7 Å². The maximum atomic E-state index is 12.8. The van der Waals surface area contributed by atoms with Gasteiger partial charge >= 0.3 is 6.18 Å². The molecule has 3 heterocycles. The summed E-state index contributed by atoms with van der Waals surface area (Å²) in [5.74, 6) is 0.167. The van der Waals surface area contributed by atoms with Crippen LogP contribution >= 0.6 is 11.3 Å². The fourth-order valence-electron chi connectivity index (χ4n) is 3.72. The van der Waals surface area contributed by atoms with Crippen LogP contribution in [-0.4, -0.2) is 44.6 Å². The van der Waals surface area contributed by atoms with Crippen LogP contribution in [0.3, 0.4) is 0 Å². The Morgan fingerprint density at radius 2 is 1.88 bits per heavy atom. The number of amides is 2. The average molecular weight is 478 g/mol. The highest BCUT2D eigenvalue weighted by atomic mass is 32.1. The van der Waals surface area contributed by atoms with Crippen molar-refractivity contribution < 1.29 is 22.8 Å². The molecular formula is C22H22F3N5O2S. The zero-order chi connectivity index (χ0) is 23.6. The van der Waals surface area contributed by atoms with E-state index in [0.717, 1.165) is 15.8 Å². The Labute approximate surface area is 192 Å². The number of hydrogen-bond acceptors (Lipinski definition) is 5. The number of aromatic nitrogens is 3. The first-order valence-electron chi connectivity index (χ1n) is 10.4. The van der Waals surface area contributed by atoms with Gasteiger partial charge in [-0.15, -0.1) is 11.3 Å². The molecule has 0 saturated carbocycles. The minimum absolute atomic E-state index is 0.157. The molecule has 1 aromatic carbocycles. The maximum absolute atomic E-state index is 12.8. The summed E-state index contributed by atoms with van der Waals surface area (Å²) in [6.45, 7) is 2.25. The van der Waals surface area contributed by atoms with Crippen LogP contribution in [0.25, 0.3) is 0 Å². The van der Waals surface area contributed by atoms with Crippen LogP contribution in [0.15, 0.2) is 41.8 Å². The van der Waals surface area contributed by atoms with Crippen molar-refractivity contribution in [2.24, 2.45) is 0 Å². The Kier molecular flexibility index (Phi) is 6.50. The normalized spacial score (nSPS) is 15.0. The fourth-order valence-corrected chi connectivity index (χ4v) is 4.65. The molecule has 0 bridgehead atoms. The third-order valence-electron chi connectivity index (χ3n) is 5.55. The molecule has 4 rings (SSSR count). The van der Waals surface area contributed by atoms with E-state index in [1.165, 1.54) is 18.3 Å². The number of aryl methyl sites for hydroxylation is 1. The van der Waals surface area contributed by atoms with Crippen LogP contribution in [0.4, 0.5) is 19.0 Å². The van der Waals surface area contributed by atoms with Crippen LogP contribution in [0.5, 0.6) is 0 Å². The van der Waals surface area contributed by atoms with Gasteiger partial charge in [0.25, 0.3) is 5.91 Å². The molecule has 0 spiro atoms. The van der Waals surface area contributed by atoms with E-state index in [0.29, 0.717) is 43.0 Å². The monoisotopic (exact) mass is 477 g/mol. The molecule has 2 aromatic heterocycles. The molecule has 0 aliphatic carbocycles. The maximum Gasteiger partial charge on any atom is 0.435 e. The lowest BCUT2D eigenvalue weighted by Gasteiger charge is -2.31. The van der Waals surface area contributed by atoms with E-state index in [-0.39, 0.29) is 24.3 Å². The Balaban J connectivity index is 1.31. The number of anilines is 1. The highest BCUT2D eigenvalue weighted by Gasteiger charge is 2.35. The predicted octanol–water partition coefficient (Wildman–Crippen LogP) is 4.33. The van der Waals surface area contributed by atoms with E-state index in [9.17, 15) is 22.8 Å². The molecule has 2 amide bonds. The molecule has 1 fully saturated rings. The predicted molar refractivity (Wildman–Crippen MR) is 117 cm³/mol. The summed E-state index contributed by atoms with van der Waals surface area (Å²) in [6.07, 6.45) is -3.15. The number of halogens is 3. The number of nitrogens with one attached hydrogen (secondary N) is 1. The van der Waals surface area contributed by atoms with Gasteiger partial charge in [-0.2, -0.15) is 18.3 Å². The number of thiazole rings is 1. The van der Waals surface area contributed by atoms with Gasteiger partial charge in [-0.05, 0) is 38.0 Å². The number of nitrogens with zero attached hydrogens (tertiary/aromatic N) is 4. The summed E-state index contributed by atoms with van der Waals surface area (Å²) in [5, 5.41) is 9.01. The number of likely N-dealkylation sites (tertiary alicyclic amines) is 1. The third kappa shape index (κ3) is 5.41. The molecule has 0 radical (unpaired) electrons. The number of benzene rings is 1. The van der Waals surface area contributed by atoms with E-state index in [2.05, 4.69) is 15.4 Å². The summed E-state index contributed by atoms with van der Waals surface area (Å²) in [4.78, 5) is 31.1. The first kappa shape index (κ1) is 23.0. The highest BCUT2D eigenvalue weighted by molar-refractivity contribution is 7.10. The summed E-state index contributed by atoms with van der Waals surface area (Å²) >= 11 is 1.46. The van der Waals surface area contributed by atoms with Crippen molar-refractivity contribution >= 4 is 29.0 Å². The van der Waals surface area contributed by atoms with Gasteiger partial charge in [0.1, 0.15) is 12.4 Å². The Hall–Kier alpha value is -3.21. The Morgan fingerprint density at radius 3 is 2.52 bits per heavy atom. The van der Waals surface area contributed by atoms with Crippen molar-refractivity contribution in [2.75, 3.05) is 18.4 Å². The van der Waals surface area contributed by atoms with Gasteiger partial charge in [-0.3, -0.25) is 14.3 Å². The molecule has 11 heteroatoms. The van der Waals surface area contributed by atoms with Crippen LogP contribution in [-0.2, 0) is 17.5 Å². The molecule has 7 nitrogen and oxygen atoms in total. The summed E-state index contributed by atoms with van der Waals surface area (Å²) < 4.78 is 39.6. The second kappa shape index (κ2) is 9.34. The van der Waals surface area contributed by atoms with Crippen molar-refractivity contribution in [1.82, 2.24) is 19.7 Å². The topological polar surface area (TPSA) is 80.1 Å². The molecule has 1 N–H and O–H groups in total. The molecule has 1 aliphatic heterocycles. The van der Waals surface area contributed by atoms with Crippen LogP contribution in [0.2, 0.25) is 0 Å². The quantitative estimate of drug-likeness (QED) is 0.594. The van der Waals surface area contributed by atoms with E-state index in [1.54, 1.807) is 34.5 Å². The molecule has 3 aromatic rings. The molecule has 174 valence electrons. The van der Waals surface area contributed by atoms with Crippen molar-refractivity contribution in [2.45, 2.75) is 38.4 Å². The standard InChI is InChI=1S/C22H22F3N5O2S/c1-14-11-17(22(23,24)25)28-30(14)12-19(31)29-9-7-16(8-10-29)21-27-18(13-33-21)26-20(32)15-5-3-2-4-6-15/h2-6,11,13,16H,7-10,12H2,1H3,(H,26,32).